The molecule has 0 aliphatic heterocycles. The SMILES string of the molecule is CCOC(=O)C(C[C@@H]1C[C@@H]2[C@H](CC[C@]3(C)C(=O)CC[C@@H]23)[C@@]2(C)C=CC(=O)C=C12)C(=O)OCC. The molecule has 0 radical (unpaired) electrons. The Balaban J connectivity index is 1.71. The quantitative estimate of drug-likeness (QED) is 0.439. The minimum atomic E-state index is -1.02. The Morgan fingerprint density at radius 3 is 2.36 bits per heavy atom. The highest BCUT2D eigenvalue weighted by Crippen LogP contribution is 2.65. The first kappa shape index (κ1) is 23.9. The van der Waals surface area contributed by atoms with E-state index in [1.165, 1.54) is 0 Å². The molecule has 0 aromatic heterocycles. The highest BCUT2D eigenvalue weighted by Gasteiger charge is 2.60. The lowest BCUT2D eigenvalue weighted by Crippen LogP contribution is -2.52. The lowest BCUT2D eigenvalue weighted by Gasteiger charge is -2.57. The van der Waals surface area contributed by atoms with E-state index >= 15 is 0 Å². The minimum absolute atomic E-state index is 0.0496. The summed E-state index contributed by atoms with van der Waals surface area (Å²) in [5.41, 5.74) is 0.421. The van der Waals surface area contributed by atoms with E-state index in [0.717, 1.165) is 31.3 Å². The van der Waals surface area contributed by atoms with E-state index < -0.39 is 17.9 Å². The van der Waals surface area contributed by atoms with Gasteiger partial charge < -0.3 is 9.47 Å². The fraction of sp³-hybridized carbons (Fsp3) is 0.704. The van der Waals surface area contributed by atoms with E-state index in [0.29, 0.717) is 30.0 Å². The van der Waals surface area contributed by atoms with Crippen LogP contribution < -0.4 is 0 Å². The van der Waals surface area contributed by atoms with Crippen molar-refractivity contribution < 1.29 is 28.7 Å². The Bertz CT molecular complexity index is 898. The number of allylic oxidation sites excluding steroid dienone is 4. The maximum atomic E-state index is 12.8. The van der Waals surface area contributed by atoms with E-state index in [-0.39, 0.29) is 42.2 Å². The maximum Gasteiger partial charge on any atom is 0.320 e. The predicted octanol–water partition coefficient (Wildman–Crippen LogP) is 4.22. The molecule has 0 aromatic carbocycles. The molecular weight excluding hydrogens is 420 g/mol. The van der Waals surface area contributed by atoms with Gasteiger partial charge in [-0.25, -0.2) is 0 Å². The molecule has 33 heavy (non-hydrogen) atoms. The van der Waals surface area contributed by atoms with Crippen LogP contribution in [0.1, 0.15) is 66.2 Å². The van der Waals surface area contributed by atoms with Crippen LogP contribution in [0.3, 0.4) is 0 Å². The molecule has 4 rings (SSSR count). The molecule has 0 spiro atoms. The molecule has 6 atom stereocenters. The Hall–Kier alpha value is -2.24. The number of carbonyl (C=O) groups excluding carboxylic acids is 4. The summed E-state index contributed by atoms with van der Waals surface area (Å²) in [6, 6.07) is 0. The molecule has 3 saturated carbocycles. The number of ketones is 2. The zero-order chi connectivity index (χ0) is 24.0. The molecule has 0 heterocycles. The molecule has 6 nitrogen and oxygen atoms in total. The molecule has 0 N–H and O–H groups in total. The average molecular weight is 457 g/mol. The van der Waals surface area contributed by atoms with Crippen LogP contribution in [0, 0.1) is 40.4 Å². The second kappa shape index (κ2) is 8.84. The van der Waals surface area contributed by atoms with Crippen molar-refractivity contribution in [3.8, 4) is 0 Å². The van der Waals surface area contributed by atoms with Gasteiger partial charge in [0.25, 0.3) is 0 Å². The van der Waals surface area contributed by atoms with E-state index in [2.05, 4.69) is 13.8 Å². The van der Waals surface area contributed by atoms with Crippen LogP contribution in [0.25, 0.3) is 0 Å². The van der Waals surface area contributed by atoms with Gasteiger partial charge in [-0.1, -0.05) is 25.5 Å². The number of esters is 2. The molecule has 4 aliphatic rings. The summed E-state index contributed by atoms with van der Waals surface area (Å²) in [5, 5.41) is 0. The fourth-order valence-corrected chi connectivity index (χ4v) is 7.47. The van der Waals surface area contributed by atoms with Gasteiger partial charge in [0.2, 0.25) is 0 Å². The second-order valence-corrected chi connectivity index (χ2v) is 10.6. The Kier molecular flexibility index (Phi) is 6.41. The summed E-state index contributed by atoms with van der Waals surface area (Å²) in [6.07, 6.45) is 9.83. The van der Waals surface area contributed by atoms with E-state index in [9.17, 15) is 19.2 Å². The standard InChI is InChI=1S/C27H36O6/c1-5-32-24(30)19(25(31)33-6-2)14-16-13-18-20-7-8-23(29)27(20,4)12-10-21(18)26(3)11-9-17(28)15-22(16)26/h9,11,15-16,18-21H,5-8,10,12-14H2,1-4H3/t16-,18-,20-,21-,26+,27-/m0/s1. The molecule has 0 bridgehead atoms. The van der Waals surface area contributed by atoms with E-state index in [1.807, 2.05) is 6.08 Å². The van der Waals surface area contributed by atoms with Crippen molar-refractivity contribution in [3.63, 3.8) is 0 Å². The molecular formula is C27H36O6. The van der Waals surface area contributed by atoms with Crippen molar-refractivity contribution in [2.45, 2.75) is 66.2 Å². The van der Waals surface area contributed by atoms with Crippen molar-refractivity contribution in [1.29, 1.82) is 0 Å². The molecule has 0 amide bonds. The number of fused-ring (bicyclic) bond motifs is 5. The van der Waals surface area contributed by atoms with Gasteiger partial charge in [0.15, 0.2) is 11.7 Å². The number of ether oxygens (including phenoxy) is 2. The molecule has 0 aromatic rings. The van der Waals surface area contributed by atoms with Gasteiger partial charge in [0, 0.05) is 17.3 Å². The summed E-state index contributed by atoms with van der Waals surface area (Å²) < 4.78 is 10.4. The van der Waals surface area contributed by atoms with Crippen molar-refractivity contribution in [2.75, 3.05) is 13.2 Å². The summed E-state index contributed by atoms with van der Waals surface area (Å²) >= 11 is 0. The third-order valence-electron chi connectivity index (χ3n) is 9.09. The van der Waals surface area contributed by atoms with Crippen molar-refractivity contribution >= 4 is 23.5 Å². The number of rotatable bonds is 6. The van der Waals surface area contributed by atoms with Crippen LogP contribution in [0.4, 0.5) is 0 Å². The number of hydrogen-bond acceptors (Lipinski definition) is 6. The predicted molar refractivity (Wildman–Crippen MR) is 122 cm³/mol. The largest absolute Gasteiger partial charge is 0.465 e. The van der Waals surface area contributed by atoms with Gasteiger partial charge >= 0.3 is 11.9 Å². The van der Waals surface area contributed by atoms with Crippen molar-refractivity contribution in [3.05, 3.63) is 23.8 Å². The Labute approximate surface area is 196 Å². The van der Waals surface area contributed by atoms with Crippen LogP contribution in [-0.4, -0.2) is 36.7 Å². The summed E-state index contributed by atoms with van der Waals surface area (Å²) in [4.78, 5) is 50.7. The second-order valence-electron chi connectivity index (χ2n) is 10.6. The summed E-state index contributed by atoms with van der Waals surface area (Å²) in [6.45, 7) is 8.13. The summed E-state index contributed by atoms with van der Waals surface area (Å²) in [5.74, 6) is -0.989. The molecule has 0 saturated heterocycles. The van der Waals surface area contributed by atoms with Gasteiger partial charge in [-0.05, 0) is 81.8 Å². The van der Waals surface area contributed by atoms with Gasteiger partial charge in [0.1, 0.15) is 5.78 Å². The van der Waals surface area contributed by atoms with Gasteiger partial charge in [-0.15, -0.1) is 0 Å². The fourth-order valence-electron chi connectivity index (χ4n) is 7.47. The third-order valence-corrected chi connectivity index (χ3v) is 9.09. The highest BCUT2D eigenvalue weighted by molar-refractivity contribution is 6.01. The van der Waals surface area contributed by atoms with E-state index in [4.69, 9.17) is 9.47 Å². The molecule has 3 fully saturated rings. The van der Waals surface area contributed by atoms with Crippen LogP contribution in [0.5, 0.6) is 0 Å². The van der Waals surface area contributed by atoms with Gasteiger partial charge in [0.05, 0.1) is 13.2 Å². The number of hydrogen-bond donors (Lipinski definition) is 0. The molecule has 4 aliphatic carbocycles. The first-order valence-electron chi connectivity index (χ1n) is 12.5. The first-order valence-corrected chi connectivity index (χ1v) is 12.5. The highest BCUT2D eigenvalue weighted by atomic mass is 16.6. The Morgan fingerprint density at radius 2 is 1.73 bits per heavy atom. The first-order chi connectivity index (χ1) is 15.7. The normalized spacial score (nSPS) is 37.2. The maximum absolute atomic E-state index is 12.8. The van der Waals surface area contributed by atoms with Crippen molar-refractivity contribution in [2.24, 2.45) is 40.4 Å². The minimum Gasteiger partial charge on any atom is -0.465 e. The van der Waals surface area contributed by atoms with Gasteiger partial charge in [-0.3, -0.25) is 19.2 Å². The number of carbonyl (C=O) groups is 4. The van der Waals surface area contributed by atoms with Crippen LogP contribution in [0.15, 0.2) is 23.8 Å². The molecule has 0 unspecified atom stereocenters. The molecule has 6 heteroatoms. The lowest BCUT2D eigenvalue weighted by atomic mass is 9.46. The summed E-state index contributed by atoms with van der Waals surface area (Å²) in [7, 11) is 0. The third kappa shape index (κ3) is 3.89. The average Bonchev–Trinajstić information content (AvgIpc) is 3.07. The lowest BCUT2D eigenvalue weighted by molar-refractivity contribution is -0.162. The van der Waals surface area contributed by atoms with Crippen LogP contribution >= 0.6 is 0 Å². The van der Waals surface area contributed by atoms with Gasteiger partial charge in [-0.2, -0.15) is 0 Å². The molecule has 180 valence electrons. The van der Waals surface area contributed by atoms with Crippen LogP contribution in [-0.2, 0) is 28.7 Å². The smallest absolute Gasteiger partial charge is 0.320 e. The zero-order valence-corrected chi connectivity index (χ0v) is 20.2. The van der Waals surface area contributed by atoms with E-state index in [1.54, 1.807) is 26.0 Å². The van der Waals surface area contributed by atoms with Crippen LogP contribution in [0.2, 0.25) is 0 Å². The zero-order valence-electron chi connectivity index (χ0n) is 20.2. The number of Topliss-reactive ketones (excluding diaryl/α,β-unsaturated/α-hetero) is 1. The van der Waals surface area contributed by atoms with Crippen molar-refractivity contribution in [1.82, 2.24) is 0 Å². The topological polar surface area (TPSA) is 86.7 Å². The Morgan fingerprint density at radius 1 is 1.06 bits per heavy atom. The monoisotopic (exact) mass is 456 g/mol.